The summed E-state index contributed by atoms with van der Waals surface area (Å²) < 4.78 is 32.6. The average Bonchev–Trinajstić information content (AvgIpc) is 3.20. The smallest absolute Gasteiger partial charge is 0.267 e. The quantitative estimate of drug-likeness (QED) is 0.0322. The molecule has 342 valence electrons. The molecular weight excluding hydrogens is 751 g/mol. The summed E-state index contributed by atoms with van der Waals surface area (Å²) in [6, 6.07) is -1.09. The molecule has 6 nitrogen and oxygen atoms in total. The second kappa shape index (κ2) is 45.3. The zero-order chi connectivity index (χ0) is 43.2. The van der Waals surface area contributed by atoms with Crippen LogP contribution < -0.4 is 5.32 Å². The van der Waals surface area contributed by atoms with Gasteiger partial charge in [-0.25, -0.2) is 0 Å². The molecule has 0 aromatic rings. The van der Waals surface area contributed by atoms with E-state index in [1.165, 1.54) is 147 Å². The predicted octanol–water partition coefficient (Wildman–Crippen LogP) is 15.4. The number of aliphatic hydroxyl groups excluding tert-OH is 1. The highest BCUT2D eigenvalue weighted by Gasteiger charge is 2.24. The number of hydrogen-bond acceptors (Lipinski definition) is 4. The second-order valence-corrected chi connectivity index (χ2v) is 18.2. The van der Waals surface area contributed by atoms with Crippen LogP contribution in [0.1, 0.15) is 232 Å². The van der Waals surface area contributed by atoms with Crippen LogP contribution in [-0.2, 0) is 14.9 Å². The van der Waals surface area contributed by atoms with E-state index in [1.807, 2.05) is 0 Å². The van der Waals surface area contributed by atoms with Gasteiger partial charge in [0.2, 0.25) is 5.91 Å². The lowest BCUT2D eigenvalue weighted by atomic mass is 10.1. The molecule has 0 aliphatic heterocycles. The third-order valence-electron chi connectivity index (χ3n) is 10.8. The van der Waals surface area contributed by atoms with E-state index in [4.69, 9.17) is 0 Å². The third kappa shape index (κ3) is 46.7. The van der Waals surface area contributed by atoms with E-state index in [1.54, 1.807) is 6.08 Å². The van der Waals surface area contributed by atoms with E-state index in [2.05, 4.69) is 79.9 Å². The summed E-state index contributed by atoms with van der Waals surface area (Å²) in [7, 11) is -4.37. The molecule has 0 fully saturated rings. The van der Waals surface area contributed by atoms with Crippen LogP contribution in [0.15, 0.2) is 72.9 Å². The molecule has 0 aromatic carbocycles. The third-order valence-corrected chi connectivity index (χ3v) is 11.6. The Morgan fingerprint density at radius 3 is 1.19 bits per heavy atom. The van der Waals surface area contributed by atoms with Gasteiger partial charge in [-0.05, 0) is 83.5 Å². The highest BCUT2D eigenvalue weighted by atomic mass is 32.2. The number of nitrogens with one attached hydrogen (secondary N) is 1. The van der Waals surface area contributed by atoms with Crippen LogP contribution in [0.3, 0.4) is 0 Å². The maximum atomic E-state index is 12.6. The Morgan fingerprint density at radius 2 is 0.780 bits per heavy atom. The van der Waals surface area contributed by atoms with Gasteiger partial charge < -0.3 is 10.4 Å². The molecule has 0 aromatic heterocycles. The van der Waals surface area contributed by atoms with Crippen molar-refractivity contribution in [1.29, 1.82) is 0 Å². The van der Waals surface area contributed by atoms with Crippen molar-refractivity contribution in [2.45, 2.75) is 244 Å². The van der Waals surface area contributed by atoms with Gasteiger partial charge >= 0.3 is 0 Å². The zero-order valence-electron chi connectivity index (χ0n) is 38.4. The van der Waals surface area contributed by atoms with Crippen molar-refractivity contribution in [2.75, 3.05) is 5.75 Å². The van der Waals surface area contributed by atoms with Crippen LogP contribution in [0.4, 0.5) is 0 Å². The summed E-state index contributed by atoms with van der Waals surface area (Å²) in [5, 5.41) is 13.3. The molecule has 7 heteroatoms. The van der Waals surface area contributed by atoms with Crippen molar-refractivity contribution in [3.63, 3.8) is 0 Å². The lowest BCUT2D eigenvalue weighted by Gasteiger charge is -2.21. The second-order valence-electron chi connectivity index (χ2n) is 16.7. The molecule has 0 aliphatic carbocycles. The van der Waals surface area contributed by atoms with Gasteiger partial charge in [0.1, 0.15) is 0 Å². The Labute approximate surface area is 365 Å². The normalized spacial score (nSPS) is 13.8. The fourth-order valence-corrected chi connectivity index (χ4v) is 7.87. The van der Waals surface area contributed by atoms with E-state index >= 15 is 0 Å². The van der Waals surface area contributed by atoms with Gasteiger partial charge in [0, 0.05) is 6.42 Å². The maximum absolute atomic E-state index is 12.6. The van der Waals surface area contributed by atoms with E-state index in [9.17, 15) is 22.9 Å². The lowest BCUT2D eigenvalue weighted by molar-refractivity contribution is -0.122. The predicted molar refractivity (Wildman–Crippen MR) is 258 cm³/mol. The number of carbonyl (C=O) groups excluding carboxylic acids is 1. The Bertz CT molecular complexity index is 1200. The minimum Gasteiger partial charge on any atom is -0.387 e. The van der Waals surface area contributed by atoms with E-state index in [0.29, 0.717) is 12.8 Å². The van der Waals surface area contributed by atoms with Crippen molar-refractivity contribution in [2.24, 2.45) is 0 Å². The van der Waals surface area contributed by atoms with Crippen LogP contribution in [0.25, 0.3) is 0 Å². The number of unbranched alkanes of at least 4 members (excludes halogenated alkanes) is 26. The maximum Gasteiger partial charge on any atom is 0.267 e. The van der Waals surface area contributed by atoms with Crippen molar-refractivity contribution in [3.05, 3.63) is 72.9 Å². The van der Waals surface area contributed by atoms with Gasteiger partial charge in [-0.2, -0.15) is 8.42 Å². The van der Waals surface area contributed by atoms with Crippen molar-refractivity contribution in [3.8, 4) is 0 Å². The van der Waals surface area contributed by atoms with Crippen molar-refractivity contribution < 1.29 is 22.9 Å². The molecule has 0 aliphatic rings. The SMILES string of the molecule is CCCCCCC/C=C\C/C=C\C/C=C\CCCCCCCCCCC(=O)NC(CS(=O)(=O)O)C(O)/C=C/CC/C=C/CC/C=C/CCCCCCCCCCCCC. The molecule has 0 rings (SSSR count). The number of carbonyl (C=O) groups is 1. The molecule has 0 saturated carbocycles. The molecule has 2 atom stereocenters. The van der Waals surface area contributed by atoms with Crippen LogP contribution in [-0.4, -0.2) is 41.9 Å². The molecular formula is C52H93NO5S. The zero-order valence-corrected chi connectivity index (χ0v) is 39.2. The summed E-state index contributed by atoms with van der Waals surface area (Å²) in [6.45, 7) is 4.53. The van der Waals surface area contributed by atoms with Gasteiger partial charge in [0.15, 0.2) is 0 Å². The van der Waals surface area contributed by atoms with Crippen LogP contribution in [0.2, 0.25) is 0 Å². The first-order valence-corrected chi connectivity index (χ1v) is 26.2. The fourth-order valence-electron chi connectivity index (χ4n) is 7.14. The van der Waals surface area contributed by atoms with Crippen molar-refractivity contribution in [1.82, 2.24) is 5.32 Å². The van der Waals surface area contributed by atoms with Gasteiger partial charge in [-0.1, -0.05) is 215 Å². The first-order chi connectivity index (χ1) is 28.8. The first-order valence-electron chi connectivity index (χ1n) is 24.6. The van der Waals surface area contributed by atoms with Crippen LogP contribution >= 0.6 is 0 Å². The number of amides is 1. The first kappa shape index (κ1) is 56.8. The van der Waals surface area contributed by atoms with Crippen molar-refractivity contribution >= 4 is 16.0 Å². The molecule has 0 heterocycles. The fraction of sp³-hybridized carbons (Fsp3) is 0.750. The Morgan fingerprint density at radius 1 is 0.458 bits per heavy atom. The molecule has 0 bridgehead atoms. The van der Waals surface area contributed by atoms with Gasteiger partial charge in [0.25, 0.3) is 10.1 Å². The topological polar surface area (TPSA) is 104 Å². The Balaban J connectivity index is 3.93. The Kier molecular flexibility index (Phi) is 43.6. The standard InChI is InChI=1S/C52H93NO5S/c1-3-5-7-9-11-13-15-17-19-21-23-25-26-28-30-32-34-36-38-40-42-44-46-48-52(55)53-50(49-59(56,57)58)51(54)47-45-43-41-39-37-35-33-31-29-27-24-22-20-18-16-14-12-10-8-6-4-2/h15,17,21,23,26,28-29,31,37,39,45,47,50-51,54H,3-14,16,18-20,22,24-25,27,30,32-36,38,40-44,46,48-49H2,1-2H3,(H,53,55)(H,56,57,58)/b17-15-,23-21-,28-26-,31-29+,39-37+,47-45+. The van der Waals surface area contributed by atoms with E-state index in [-0.39, 0.29) is 12.3 Å². The molecule has 2 unspecified atom stereocenters. The molecule has 1 amide bonds. The highest BCUT2D eigenvalue weighted by Crippen LogP contribution is 2.14. The van der Waals surface area contributed by atoms with E-state index in [0.717, 1.165) is 57.8 Å². The van der Waals surface area contributed by atoms with Crippen LogP contribution in [0, 0.1) is 0 Å². The van der Waals surface area contributed by atoms with Gasteiger partial charge in [0.05, 0.1) is 17.9 Å². The molecule has 3 N–H and O–H groups in total. The molecule has 0 radical (unpaired) electrons. The number of hydrogen-bond donors (Lipinski definition) is 3. The number of rotatable bonds is 44. The number of aliphatic hydroxyl groups is 1. The largest absolute Gasteiger partial charge is 0.387 e. The Hall–Kier alpha value is -2.22. The molecule has 0 spiro atoms. The molecule has 59 heavy (non-hydrogen) atoms. The van der Waals surface area contributed by atoms with Gasteiger partial charge in [-0.15, -0.1) is 0 Å². The number of allylic oxidation sites excluding steroid dienone is 11. The van der Waals surface area contributed by atoms with Gasteiger partial charge in [-0.3, -0.25) is 9.35 Å². The summed E-state index contributed by atoms with van der Waals surface area (Å²) in [6.07, 6.45) is 64.7. The minimum atomic E-state index is -4.37. The summed E-state index contributed by atoms with van der Waals surface area (Å²) in [5.41, 5.74) is 0. The minimum absolute atomic E-state index is 0.273. The summed E-state index contributed by atoms with van der Waals surface area (Å²) >= 11 is 0. The summed E-state index contributed by atoms with van der Waals surface area (Å²) in [5.74, 6) is -1.02. The monoisotopic (exact) mass is 844 g/mol. The lowest BCUT2D eigenvalue weighted by Crippen LogP contribution is -2.46. The molecule has 0 saturated heterocycles. The average molecular weight is 844 g/mol. The van der Waals surface area contributed by atoms with E-state index < -0.39 is 28.0 Å². The van der Waals surface area contributed by atoms with Crippen LogP contribution in [0.5, 0.6) is 0 Å². The summed E-state index contributed by atoms with van der Waals surface area (Å²) in [4.78, 5) is 12.6. The highest BCUT2D eigenvalue weighted by molar-refractivity contribution is 7.85.